The summed E-state index contributed by atoms with van der Waals surface area (Å²) in [6, 6.07) is 20.4. The first-order valence-corrected chi connectivity index (χ1v) is 6.77. The van der Waals surface area contributed by atoms with Crippen LogP contribution in [0.15, 0.2) is 60.7 Å². The minimum Gasteiger partial charge on any atom is -0.443 e. The number of cyclic esters (lactones) is 1. The zero-order valence-corrected chi connectivity index (χ0v) is 11.4. The van der Waals surface area contributed by atoms with Crippen LogP contribution in [-0.2, 0) is 4.74 Å². The fourth-order valence-corrected chi connectivity index (χ4v) is 2.72. The van der Waals surface area contributed by atoms with Gasteiger partial charge < -0.3 is 9.64 Å². The van der Waals surface area contributed by atoms with Crippen LogP contribution < -0.4 is 0 Å². The maximum Gasteiger partial charge on any atom is 0.409 e. The summed E-state index contributed by atoms with van der Waals surface area (Å²) in [6.45, 7) is 0.618. The second-order valence-electron chi connectivity index (χ2n) is 5.10. The number of amides is 1. The zero-order chi connectivity index (χ0) is 13.9. The van der Waals surface area contributed by atoms with Crippen molar-refractivity contribution in [1.82, 2.24) is 4.90 Å². The van der Waals surface area contributed by atoms with Gasteiger partial charge in [-0.05, 0) is 11.1 Å². The van der Waals surface area contributed by atoms with Gasteiger partial charge in [-0.15, -0.1) is 0 Å². The lowest BCUT2D eigenvalue weighted by Crippen LogP contribution is -2.24. The van der Waals surface area contributed by atoms with Gasteiger partial charge in [-0.3, -0.25) is 0 Å². The molecule has 2 aromatic carbocycles. The maximum atomic E-state index is 11.7. The Morgan fingerprint density at radius 2 is 1.50 bits per heavy atom. The number of carbonyl (C=O) groups excluding carboxylic acids is 1. The number of nitrogens with zero attached hydrogens (tertiary/aromatic N) is 1. The number of hydrogen-bond acceptors (Lipinski definition) is 2. The lowest BCUT2D eigenvalue weighted by atomic mass is 9.86. The van der Waals surface area contributed by atoms with Crippen molar-refractivity contribution in [2.24, 2.45) is 0 Å². The van der Waals surface area contributed by atoms with Crippen LogP contribution in [0.4, 0.5) is 4.79 Å². The van der Waals surface area contributed by atoms with E-state index in [0.717, 1.165) is 0 Å². The summed E-state index contributed by atoms with van der Waals surface area (Å²) in [5.74, 6) is 0.0753. The van der Waals surface area contributed by atoms with Gasteiger partial charge in [0.1, 0.15) is 6.10 Å². The zero-order valence-electron chi connectivity index (χ0n) is 11.4. The normalized spacial score (nSPS) is 18.4. The van der Waals surface area contributed by atoms with Crippen LogP contribution in [0, 0.1) is 0 Å². The topological polar surface area (TPSA) is 29.5 Å². The molecule has 1 saturated heterocycles. The van der Waals surface area contributed by atoms with E-state index in [2.05, 4.69) is 24.3 Å². The fourth-order valence-electron chi connectivity index (χ4n) is 2.72. The van der Waals surface area contributed by atoms with E-state index >= 15 is 0 Å². The van der Waals surface area contributed by atoms with Gasteiger partial charge in [0.2, 0.25) is 0 Å². The first-order valence-electron chi connectivity index (χ1n) is 6.77. The molecule has 20 heavy (non-hydrogen) atoms. The van der Waals surface area contributed by atoms with Gasteiger partial charge in [0, 0.05) is 13.0 Å². The van der Waals surface area contributed by atoms with Gasteiger partial charge in [0.15, 0.2) is 0 Å². The van der Waals surface area contributed by atoms with Gasteiger partial charge in [0.25, 0.3) is 0 Å². The highest BCUT2D eigenvalue weighted by atomic mass is 16.6. The molecule has 0 radical (unpaired) electrons. The number of likely N-dealkylation sites (N-methyl/N-ethyl adjacent to an activating group) is 1. The molecule has 1 aliphatic heterocycles. The lowest BCUT2D eigenvalue weighted by Gasteiger charge is -2.22. The molecule has 2 aromatic rings. The van der Waals surface area contributed by atoms with Crippen LogP contribution in [0.5, 0.6) is 0 Å². The fraction of sp³-hybridized carbons (Fsp3) is 0.235. The van der Waals surface area contributed by atoms with E-state index in [1.807, 2.05) is 36.4 Å². The molecular formula is C17H17NO2. The number of benzene rings is 2. The van der Waals surface area contributed by atoms with Crippen LogP contribution in [0.1, 0.15) is 17.0 Å². The second kappa shape index (κ2) is 5.37. The van der Waals surface area contributed by atoms with E-state index in [0.29, 0.717) is 6.54 Å². The first kappa shape index (κ1) is 12.7. The molecule has 3 nitrogen and oxygen atoms in total. The van der Waals surface area contributed by atoms with Gasteiger partial charge in [-0.2, -0.15) is 0 Å². The third-order valence-corrected chi connectivity index (χ3v) is 3.71. The molecule has 3 rings (SSSR count). The van der Waals surface area contributed by atoms with Crippen molar-refractivity contribution >= 4 is 6.09 Å². The van der Waals surface area contributed by atoms with Gasteiger partial charge >= 0.3 is 6.09 Å². The summed E-state index contributed by atoms with van der Waals surface area (Å²) in [5.41, 5.74) is 2.35. The van der Waals surface area contributed by atoms with Crippen molar-refractivity contribution < 1.29 is 9.53 Å². The third-order valence-electron chi connectivity index (χ3n) is 3.71. The van der Waals surface area contributed by atoms with Crippen LogP contribution >= 0.6 is 0 Å². The number of carbonyl (C=O) groups is 1. The van der Waals surface area contributed by atoms with Crippen molar-refractivity contribution in [2.75, 3.05) is 13.6 Å². The SMILES string of the molecule is CN1CC(C(c2ccccc2)c2ccccc2)OC1=O. The number of hydrogen-bond donors (Lipinski definition) is 0. The first-order chi connectivity index (χ1) is 9.75. The Kier molecular flexibility index (Phi) is 3.42. The molecule has 1 unspecified atom stereocenters. The van der Waals surface area contributed by atoms with Crippen molar-refractivity contribution in [3.05, 3.63) is 71.8 Å². The second-order valence-corrected chi connectivity index (χ2v) is 5.10. The largest absolute Gasteiger partial charge is 0.443 e. The minimum atomic E-state index is -0.244. The Hall–Kier alpha value is -2.29. The molecule has 1 fully saturated rings. The standard InChI is InChI=1S/C17H17NO2/c1-18-12-15(20-17(18)19)16(13-8-4-2-5-9-13)14-10-6-3-7-11-14/h2-11,15-16H,12H2,1H3. The van der Waals surface area contributed by atoms with Crippen molar-refractivity contribution in [2.45, 2.75) is 12.0 Å². The molecule has 1 aliphatic rings. The van der Waals surface area contributed by atoms with Gasteiger partial charge in [-0.25, -0.2) is 4.79 Å². The van der Waals surface area contributed by atoms with E-state index in [1.54, 1.807) is 11.9 Å². The highest BCUT2D eigenvalue weighted by Gasteiger charge is 2.36. The smallest absolute Gasteiger partial charge is 0.409 e. The quantitative estimate of drug-likeness (QED) is 0.854. The highest BCUT2D eigenvalue weighted by Crippen LogP contribution is 2.32. The average molecular weight is 267 g/mol. The third kappa shape index (κ3) is 2.39. The Bertz CT molecular complexity index is 543. The molecule has 0 aliphatic carbocycles. The van der Waals surface area contributed by atoms with E-state index in [1.165, 1.54) is 11.1 Å². The number of ether oxygens (including phenoxy) is 1. The molecule has 3 heteroatoms. The predicted octanol–water partition coefficient (Wildman–Crippen LogP) is 3.27. The van der Waals surface area contributed by atoms with E-state index in [9.17, 15) is 4.79 Å². The van der Waals surface area contributed by atoms with Crippen LogP contribution in [0.2, 0.25) is 0 Å². The average Bonchev–Trinajstić information content (AvgIpc) is 2.81. The van der Waals surface area contributed by atoms with Crippen molar-refractivity contribution in [3.8, 4) is 0 Å². The minimum absolute atomic E-state index is 0.0753. The van der Waals surface area contributed by atoms with Crippen LogP contribution in [0.3, 0.4) is 0 Å². The summed E-state index contributed by atoms with van der Waals surface area (Å²) in [7, 11) is 1.77. The Morgan fingerprint density at radius 3 is 1.90 bits per heavy atom. The lowest BCUT2D eigenvalue weighted by molar-refractivity contribution is 0.127. The molecule has 0 saturated carbocycles. The summed E-state index contributed by atoms with van der Waals surface area (Å²) in [5, 5.41) is 0. The molecule has 0 bridgehead atoms. The Labute approximate surface area is 118 Å². The van der Waals surface area contributed by atoms with Gasteiger partial charge in [-0.1, -0.05) is 60.7 Å². The molecule has 0 spiro atoms. The maximum absolute atomic E-state index is 11.7. The van der Waals surface area contributed by atoms with E-state index in [-0.39, 0.29) is 18.1 Å². The van der Waals surface area contributed by atoms with E-state index < -0.39 is 0 Å². The highest BCUT2D eigenvalue weighted by molar-refractivity contribution is 5.69. The van der Waals surface area contributed by atoms with Gasteiger partial charge in [0.05, 0.1) is 6.54 Å². The Morgan fingerprint density at radius 1 is 1.00 bits per heavy atom. The van der Waals surface area contributed by atoms with Crippen molar-refractivity contribution in [1.29, 1.82) is 0 Å². The van der Waals surface area contributed by atoms with Crippen LogP contribution in [-0.4, -0.2) is 30.7 Å². The summed E-state index contributed by atoms with van der Waals surface area (Å²) < 4.78 is 5.53. The molecule has 1 heterocycles. The molecule has 102 valence electrons. The molecule has 0 N–H and O–H groups in total. The monoisotopic (exact) mass is 267 g/mol. The summed E-state index contributed by atoms with van der Waals surface area (Å²) in [6.07, 6.45) is -0.385. The molecular weight excluding hydrogens is 250 g/mol. The summed E-state index contributed by atoms with van der Waals surface area (Å²) in [4.78, 5) is 13.3. The van der Waals surface area contributed by atoms with Crippen molar-refractivity contribution in [3.63, 3.8) is 0 Å². The number of rotatable bonds is 3. The predicted molar refractivity (Wildman–Crippen MR) is 77.6 cm³/mol. The molecule has 1 amide bonds. The molecule has 1 atom stereocenters. The summed E-state index contributed by atoms with van der Waals surface area (Å²) >= 11 is 0. The molecule has 0 aromatic heterocycles. The van der Waals surface area contributed by atoms with E-state index in [4.69, 9.17) is 4.74 Å². The van der Waals surface area contributed by atoms with Crippen LogP contribution in [0.25, 0.3) is 0 Å². The Balaban J connectivity index is 1.99.